The summed E-state index contributed by atoms with van der Waals surface area (Å²) in [6.45, 7) is 11.5. The molecule has 1 saturated carbocycles. The molecule has 3 aliphatic heterocycles. The molecule has 1 aliphatic carbocycles. The summed E-state index contributed by atoms with van der Waals surface area (Å²) in [6.07, 6.45) is 8.16. The number of rotatable bonds is 5. The number of nitrogens with one attached hydrogen (secondary N) is 2. The van der Waals surface area contributed by atoms with Crippen LogP contribution in [0.4, 0.5) is 17.3 Å². The summed E-state index contributed by atoms with van der Waals surface area (Å²) >= 11 is 0. The van der Waals surface area contributed by atoms with Crippen LogP contribution >= 0.6 is 0 Å². The average Bonchev–Trinajstić information content (AvgIpc) is 3.51. The van der Waals surface area contributed by atoms with Gasteiger partial charge in [-0.15, -0.1) is 0 Å². The molecule has 0 amide bonds. The van der Waals surface area contributed by atoms with Crippen molar-refractivity contribution in [3.63, 3.8) is 0 Å². The Morgan fingerprint density at radius 1 is 1.05 bits per heavy atom. The minimum Gasteiger partial charge on any atom is -0.489 e. The van der Waals surface area contributed by atoms with E-state index in [1.165, 1.54) is 25.5 Å². The highest BCUT2D eigenvalue weighted by molar-refractivity contribution is 5.99. The van der Waals surface area contributed by atoms with E-state index in [0.717, 1.165) is 80.8 Å². The summed E-state index contributed by atoms with van der Waals surface area (Å²) in [5.74, 6) is 1.09. The summed E-state index contributed by atoms with van der Waals surface area (Å²) in [5.41, 5.74) is 4.44. The molecule has 1 aromatic carbocycles. The Morgan fingerprint density at radius 3 is 2.60 bits per heavy atom. The molecule has 2 saturated heterocycles. The summed E-state index contributed by atoms with van der Waals surface area (Å²) in [7, 11) is 0. The van der Waals surface area contributed by atoms with E-state index in [1.54, 1.807) is 10.8 Å². The first-order valence-corrected chi connectivity index (χ1v) is 15.6. The predicted octanol–water partition coefficient (Wildman–Crippen LogP) is 4.10. The van der Waals surface area contributed by atoms with Crippen LogP contribution in [0.3, 0.4) is 0 Å². The molecule has 5 heterocycles. The van der Waals surface area contributed by atoms with Gasteiger partial charge in [-0.1, -0.05) is 12.8 Å². The van der Waals surface area contributed by atoms with Gasteiger partial charge in [0.2, 0.25) is 5.95 Å². The molecule has 42 heavy (non-hydrogen) atoms. The van der Waals surface area contributed by atoms with Crippen LogP contribution in [0.25, 0.3) is 11.0 Å². The number of benzene rings is 1. The third-order valence-corrected chi connectivity index (χ3v) is 9.83. The van der Waals surface area contributed by atoms with Crippen molar-refractivity contribution in [1.82, 2.24) is 24.8 Å². The monoisotopic (exact) mass is 571 g/mol. The summed E-state index contributed by atoms with van der Waals surface area (Å²) in [5, 5.41) is 7.62. The van der Waals surface area contributed by atoms with Crippen molar-refractivity contribution in [3.8, 4) is 5.75 Å². The number of aryl methyl sites for hydroxylation is 2. The maximum absolute atomic E-state index is 13.6. The number of ether oxygens (including phenoxy) is 1. The molecule has 2 aromatic heterocycles. The molecule has 7 rings (SSSR count). The predicted molar refractivity (Wildman–Crippen MR) is 165 cm³/mol. The molecule has 0 radical (unpaired) electrons. The number of carbonyl (C=O) groups is 1. The number of anilines is 3. The second-order valence-electron chi connectivity index (χ2n) is 12.5. The molecule has 0 bridgehead atoms. The Balaban J connectivity index is 1.18. The van der Waals surface area contributed by atoms with Crippen LogP contribution in [0, 0.1) is 13.8 Å². The lowest BCUT2D eigenvalue weighted by Gasteiger charge is -2.48. The molecule has 0 spiro atoms. The van der Waals surface area contributed by atoms with E-state index in [-0.39, 0.29) is 22.9 Å². The van der Waals surface area contributed by atoms with Gasteiger partial charge in [-0.05, 0) is 76.7 Å². The zero-order valence-electron chi connectivity index (χ0n) is 24.9. The second-order valence-corrected chi connectivity index (χ2v) is 12.5. The molecule has 3 aromatic rings. The SMILES string of the molecule is CC(=O)c1c(C)c2cnc(Nc3cc(C)c4c(c3)OC[C@H]3CN(C5CCNCC5)CCN43)nc2n(C2CCCC2)c1=O. The molecule has 222 valence electrons. The van der Waals surface area contributed by atoms with Crippen molar-refractivity contribution in [2.24, 2.45) is 0 Å². The van der Waals surface area contributed by atoms with Crippen LogP contribution in [0.15, 0.2) is 23.1 Å². The number of piperazine rings is 1. The van der Waals surface area contributed by atoms with Gasteiger partial charge in [0, 0.05) is 55.1 Å². The Kier molecular flexibility index (Phi) is 7.14. The van der Waals surface area contributed by atoms with Crippen LogP contribution in [0.2, 0.25) is 0 Å². The van der Waals surface area contributed by atoms with E-state index in [1.807, 2.05) is 13.0 Å². The number of ketones is 1. The van der Waals surface area contributed by atoms with Crippen molar-refractivity contribution >= 4 is 34.1 Å². The van der Waals surface area contributed by atoms with Crippen LogP contribution in [-0.2, 0) is 0 Å². The number of carbonyl (C=O) groups excluding carboxylic acids is 1. The van der Waals surface area contributed by atoms with E-state index >= 15 is 0 Å². The maximum Gasteiger partial charge on any atom is 0.263 e. The summed E-state index contributed by atoms with van der Waals surface area (Å²) in [4.78, 5) is 40.7. The number of hydrogen-bond donors (Lipinski definition) is 2. The lowest BCUT2D eigenvalue weighted by molar-refractivity contribution is 0.101. The first-order chi connectivity index (χ1) is 20.4. The second kappa shape index (κ2) is 11.0. The molecular weight excluding hydrogens is 530 g/mol. The fourth-order valence-corrected chi connectivity index (χ4v) is 7.74. The van der Waals surface area contributed by atoms with Crippen LogP contribution in [0.1, 0.15) is 73.0 Å². The smallest absolute Gasteiger partial charge is 0.263 e. The lowest BCUT2D eigenvalue weighted by Crippen LogP contribution is -2.60. The van der Waals surface area contributed by atoms with Crippen molar-refractivity contribution in [2.75, 3.05) is 49.5 Å². The van der Waals surface area contributed by atoms with E-state index in [0.29, 0.717) is 35.8 Å². The van der Waals surface area contributed by atoms with Gasteiger partial charge in [0.1, 0.15) is 18.0 Å². The molecule has 10 nitrogen and oxygen atoms in total. The van der Waals surface area contributed by atoms with Crippen molar-refractivity contribution in [3.05, 3.63) is 45.4 Å². The molecule has 4 aliphatic rings. The quantitative estimate of drug-likeness (QED) is 0.438. The number of piperidine rings is 1. The zero-order chi connectivity index (χ0) is 29.0. The highest BCUT2D eigenvalue weighted by Gasteiger charge is 2.36. The van der Waals surface area contributed by atoms with E-state index < -0.39 is 0 Å². The van der Waals surface area contributed by atoms with Crippen LogP contribution < -0.4 is 25.8 Å². The lowest BCUT2D eigenvalue weighted by atomic mass is 9.99. The van der Waals surface area contributed by atoms with Gasteiger partial charge >= 0.3 is 0 Å². The normalized spacial score (nSPS) is 21.7. The van der Waals surface area contributed by atoms with Gasteiger partial charge in [-0.25, -0.2) is 4.98 Å². The highest BCUT2D eigenvalue weighted by atomic mass is 16.5. The first kappa shape index (κ1) is 27.3. The van der Waals surface area contributed by atoms with Crippen LogP contribution in [0.5, 0.6) is 5.75 Å². The summed E-state index contributed by atoms with van der Waals surface area (Å²) < 4.78 is 8.13. The molecule has 10 heteroatoms. The van der Waals surface area contributed by atoms with Crippen molar-refractivity contribution < 1.29 is 9.53 Å². The van der Waals surface area contributed by atoms with Gasteiger partial charge < -0.3 is 20.3 Å². The minimum atomic E-state index is -0.239. The Hall–Kier alpha value is -3.50. The van der Waals surface area contributed by atoms with E-state index in [2.05, 4.69) is 38.4 Å². The highest BCUT2D eigenvalue weighted by Crippen LogP contribution is 2.41. The van der Waals surface area contributed by atoms with E-state index in [9.17, 15) is 9.59 Å². The Morgan fingerprint density at radius 2 is 1.83 bits per heavy atom. The van der Waals surface area contributed by atoms with Crippen molar-refractivity contribution in [2.45, 2.75) is 77.4 Å². The van der Waals surface area contributed by atoms with E-state index in [4.69, 9.17) is 9.72 Å². The van der Waals surface area contributed by atoms with Gasteiger partial charge in [-0.2, -0.15) is 4.98 Å². The van der Waals surface area contributed by atoms with Gasteiger partial charge in [0.25, 0.3) is 5.56 Å². The maximum atomic E-state index is 13.6. The minimum absolute atomic E-state index is 0.0454. The average molecular weight is 572 g/mol. The molecular formula is C32H41N7O3. The largest absolute Gasteiger partial charge is 0.489 e. The van der Waals surface area contributed by atoms with Crippen LogP contribution in [-0.4, -0.2) is 76.6 Å². The standard InChI is InChI=1S/C32H41N7O3/c1-19-14-22(15-27-29(19)38-13-12-37(17-25(38)18-42-27)23-8-10-33-11-9-23)35-32-34-16-26-20(2)28(21(3)40)31(41)39(30(26)36-32)24-6-4-5-7-24/h14-16,23-25,33H,4-13,17-18H2,1-3H3,(H,34,35,36)/t25-/m1/s1. The van der Waals surface area contributed by atoms with Gasteiger partial charge in [0.05, 0.1) is 17.3 Å². The number of nitrogens with zero attached hydrogens (tertiary/aromatic N) is 5. The number of pyridine rings is 1. The van der Waals surface area contributed by atoms with Crippen molar-refractivity contribution in [1.29, 1.82) is 0 Å². The van der Waals surface area contributed by atoms with Gasteiger partial charge in [-0.3, -0.25) is 19.1 Å². The topological polar surface area (TPSA) is 105 Å². The molecule has 3 fully saturated rings. The molecule has 0 unspecified atom stereocenters. The van der Waals surface area contributed by atoms with Gasteiger partial charge in [0.15, 0.2) is 5.78 Å². The zero-order valence-corrected chi connectivity index (χ0v) is 24.9. The Bertz CT molecular complexity index is 1590. The third-order valence-electron chi connectivity index (χ3n) is 9.83. The molecule has 2 N–H and O–H groups in total. The Labute approximate surface area is 246 Å². The fourth-order valence-electron chi connectivity index (χ4n) is 7.74. The number of hydrogen-bond acceptors (Lipinski definition) is 9. The number of fused-ring (bicyclic) bond motifs is 4. The first-order valence-electron chi connectivity index (χ1n) is 15.6. The number of aromatic nitrogens is 3. The summed E-state index contributed by atoms with van der Waals surface area (Å²) in [6, 6.07) is 5.25. The third kappa shape index (κ3) is 4.74. The fraction of sp³-hybridized carbons (Fsp3) is 0.562. The molecule has 1 atom stereocenters. The number of Topliss-reactive ketones (excluding diaryl/α,β-unsaturated/α-hetero) is 1.